The van der Waals surface area contributed by atoms with Gasteiger partial charge in [-0.15, -0.1) is 0 Å². The van der Waals surface area contributed by atoms with E-state index in [1.165, 1.54) is 18.1 Å². The number of anilines is 1. The Morgan fingerprint density at radius 1 is 1.14 bits per heavy atom. The Balaban J connectivity index is 1.70. The lowest BCUT2D eigenvalue weighted by atomic mass is 10.1. The Morgan fingerprint density at radius 3 is 2.41 bits per heavy atom. The van der Waals surface area contributed by atoms with Gasteiger partial charge in [-0.25, -0.2) is 13.1 Å². The first-order valence-corrected chi connectivity index (χ1v) is 10.2. The second kappa shape index (κ2) is 8.03. The van der Waals surface area contributed by atoms with Crippen molar-refractivity contribution in [3.63, 3.8) is 0 Å². The van der Waals surface area contributed by atoms with Gasteiger partial charge in [-0.1, -0.05) is 12.1 Å². The number of hydrogen-bond donors (Lipinski definition) is 1. The second-order valence-electron chi connectivity index (χ2n) is 6.62. The summed E-state index contributed by atoms with van der Waals surface area (Å²) in [7, 11) is -2.86. The summed E-state index contributed by atoms with van der Waals surface area (Å²) in [5, 5.41) is 0. The van der Waals surface area contributed by atoms with Crippen LogP contribution in [0.1, 0.15) is 12.0 Å². The van der Waals surface area contributed by atoms with E-state index in [1.807, 2.05) is 0 Å². The molecule has 29 heavy (non-hydrogen) atoms. The largest absolute Gasteiger partial charge is 0.497 e. The van der Waals surface area contributed by atoms with Gasteiger partial charge in [0.05, 0.1) is 17.6 Å². The van der Waals surface area contributed by atoms with Gasteiger partial charge in [-0.2, -0.15) is 13.2 Å². The molecule has 1 atom stereocenters. The fourth-order valence-corrected chi connectivity index (χ4v) is 4.51. The minimum atomic E-state index is -4.79. The fraction of sp³-hybridized carbons (Fsp3) is 0.316. The number of rotatable bonds is 6. The monoisotopic (exact) mass is 428 g/mol. The molecule has 0 spiro atoms. The van der Waals surface area contributed by atoms with Crippen molar-refractivity contribution >= 4 is 21.6 Å². The first kappa shape index (κ1) is 21.1. The van der Waals surface area contributed by atoms with E-state index in [0.29, 0.717) is 11.4 Å². The zero-order chi connectivity index (χ0) is 21.2. The van der Waals surface area contributed by atoms with E-state index in [2.05, 4.69) is 4.72 Å². The summed E-state index contributed by atoms with van der Waals surface area (Å²) in [5.74, 6) is 0.0838. The van der Waals surface area contributed by atoms with Crippen LogP contribution in [0.15, 0.2) is 53.4 Å². The van der Waals surface area contributed by atoms with E-state index in [1.54, 1.807) is 24.3 Å². The molecule has 2 aromatic carbocycles. The number of carbonyl (C=O) groups is 1. The van der Waals surface area contributed by atoms with Gasteiger partial charge in [0.15, 0.2) is 0 Å². The SMILES string of the molecule is COc1ccc(N2C[C@H](CNS(=O)(=O)c3ccccc3C(F)(F)F)CC2=O)cc1. The molecule has 0 aromatic heterocycles. The van der Waals surface area contributed by atoms with Crippen molar-refractivity contribution in [2.75, 3.05) is 25.1 Å². The van der Waals surface area contributed by atoms with Gasteiger partial charge in [0, 0.05) is 25.2 Å². The van der Waals surface area contributed by atoms with Crippen LogP contribution in [0, 0.1) is 5.92 Å². The number of halogens is 3. The molecule has 1 N–H and O–H groups in total. The highest BCUT2D eigenvalue weighted by molar-refractivity contribution is 7.89. The Hall–Kier alpha value is -2.59. The summed E-state index contributed by atoms with van der Waals surface area (Å²) >= 11 is 0. The first-order chi connectivity index (χ1) is 13.6. The summed E-state index contributed by atoms with van der Waals surface area (Å²) in [5.41, 5.74) is -0.585. The third-order valence-corrected chi connectivity index (χ3v) is 6.11. The minimum absolute atomic E-state index is 0.0927. The summed E-state index contributed by atoms with van der Waals surface area (Å²) in [4.78, 5) is 13.0. The van der Waals surface area contributed by atoms with Crippen LogP contribution in [0.25, 0.3) is 0 Å². The number of benzene rings is 2. The molecule has 3 rings (SSSR count). The van der Waals surface area contributed by atoms with Gasteiger partial charge in [-0.05, 0) is 42.3 Å². The lowest BCUT2D eigenvalue weighted by Gasteiger charge is -2.18. The molecule has 2 aromatic rings. The third kappa shape index (κ3) is 4.70. The summed E-state index contributed by atoms with van der Waals surface area (Å²) in [6.45, 7) is 0.113. The third-order valence-electron chi connectivity index (χ3n) is 4.63. The van der Waals surface area contributed by atoms with E-state index < -0.39 is 26.7 Å². The smallest absolute Gasteiger partial charge is 0.417 e. The average molecular weight is 428 g/mol. The number of carbonyl (C=O) groups excluding carboxylic acids is 1. The Kier molecular flexibility index (Phi) is 5.85. The van der Waals surface area contributed by atoms with Crippen molar-refractivity contribution < 1.29 is 31.1 Å². The molecule has 0 unspecified atom stereocenters. The maximum absolute atomic E-state index is 13.1. The number of nitrogens with zero attached hydrogens (tertiary/aromatic N) is 1. The van der Waals surface area contributed by atoms with E-state index in [4.69, 9.17) is 4.74 Å². The predicted octanol–water partition coefficient (Wildman–Crippen LogP) is 3.05. The molecule has 6 nitrogen and oxygen atoms in total. The van der Waals surface area contributed by atoms with Gasteiger partial charge in [0.25, 0.3) is 0 Å². The fourth-order valence-electron chi connectivity index (χ4n) is 3.17. The Labute approximate surface area is 166 Å². The standard InChI is InChI=1S/C19H19F3N2O4S/c1-28-15-8-6-14(7-9-15)24-12-13(10-18(24)25)11-23-29(26,27)17-5-3-2-4-16(17)19(20,21)22/h2-9,13,23H,10-12H2,1H3/t13-/m0/s1. The molecule has 1 aliphatic rings. The zero-order valence-corrected chi connectivity index (χ0v) is 16.3. The number of nitrogens with one attached hydrogen (secondary N) is 1. The molecule has 156 valence electrons. The lowest BCUT2D eigenvalue weighted by molar-refractivity contribution is -0.139. The molecule has 1 fully saturated rings. The zero-order valence-electron chi connectivity index (χ0n) is 15.4. The van der Waals surface area contributed by atoms with Crippen LogP contribution < -0.4 is 14.4 Å². The number of alkyl halides is 3. The van der Waals surface area contributed by atoms with Crippen molar-refractivity contribution in [3.05, 3.63) is 54.1 Å². The molecule has 0 bridgehead atoms. The number of sulfonamides is 1. The van der Waals surface area contributed by atoms with Crippen molar-refractivity contribution in [3.8, 4) is 5.75 Å². The van der Waals surface area contributed by atoms with Crippen molar-refractivity contribution in [1.82, 2.24) is 4.72 Å². The predicted molar refractivity (Wildman–Crippen MR) is 100 cm³/mol. The summed E-state index contributed by atoms with van der Waals surface area (Å²) < 4.78 is 71.5. The quantitative estimate of drug-likeness (QED) is 0.768. The van der Waals surface area contributed by atoms with Crippen molar-refractivity contribution in [2.24, 2.45) is 5.92 Å². The average Bonchev–Trinajstić information content (AvgIpc) is 3.06. The number of amides is 1. The van der Waals surface area contributed by atoms with Gasteiger partial charge in [-0.3, -0.25) is 4.79 Å². The molecule has 1 saturated heterocycles. The molecule has 1 aliphatic heterocycles. The molecule has 1 amide bonds. The molecule has 0 saturated carbocycles. The molecular weight excluding hydrogens is 409 g/mol. The van der Waals surface area contributed by atoms with E-state index in [9.17, 15) is 26.4 Å². The Morgan fingerprint density at radius 2 is 1.79 bits per heavy atom. The maximum atomic E-state index is 13.1. The van der Waals surface area contributed by atoms with Crippen LogP contribution in [-0.2, 0) is 21.0 Å². The topological polar surface area (TPSA) is 75.7 Å². The van der Waals surface area contributed by atoms with Gasteiger partial charge in [0.1, 0.15) is 5.75 Å². The number of methoxy groups -OCH3 is 1. The Bertz CT molecular complexity index is 991. The second-order valence-corrected chi connectivity index (χ2v) is 8.35. The van der Waals surface area contributed by atoms with E-state index in [0.717, 1.165) is 18.2 Å². The van der Waals surface area contributed by atoms with Gasteiger partial charge in [0.2, 0.25) is 15.9 Å². The normalized spacial score (nSPS) is 17.6. The van der Waals surface area contributed by atoms with Crippen LogP contribution in [-0.4, -0.2) is 34.5 Å². The van der Waals surface area contributed by atoms with E-state index >= 15 is 0 Å². The highest BCUT2D eigenvalue weighted by atomic mass is 32.2. The highest BCUT2D eigenvalue weighted by Gasteiger charge is 2.37. The first-order valence-electron chi connectivity index (χ1n) is 8.72. The van der Waals surface area contributed by atoms with Crippen LogP contribution in [0.2, 0.25) is 0 Å². The highest BCUT2D eigenvalue weighted by Crippen LogP contribution is 2.34. The van der Waals surface area contributed by atoms with Gasteiger partial charge < -0.3 is 9.64 Å². The summed E-state index contributed by atoms with van der Waals surface area (Å²) in [6, 6.07) is 10.8. The van der Waals surface area contributed by atoms with Crippen molar-refractivity contribution in [1.29, 1.82) is 0 Å². The molecule has 10 heteroatoms. The minimum Gasteiger partial charge on any atom is -0.497 e. The van der Waals surface area contributed by atoms with Crippen LogP contribution in [0.4, 0.5) is 18.9 Å². The molecule has 0 radical (unpaired) electrons. The molecule has 0 aliphatic carbocycles. The molecular formula is C19H19F3N2O4S. The van der Waals surface area contributed by atoms with E-state index in [-0.39, 0.29) is 31.3 Å². The summed E-state index contributed by atoms with van der Waals surface area (Å²) in [6.07, 6.45) is -4.70. The van der Waals surface area contributed by atoms with Crippen molar-refractivity contribution in [2.45, 2.75) is 17.5 Å². The number of ether oxygens (including phenoxy) is 1. The van der Waals surface area contributed by atoms with Gasteiger partial charge >= 0.3 is 6.18 Å². The lowest BCUT2D eigenvalue weighted by Crippen LogP contribution is -2.32. The van der Waals surface area contributed by atoms with Crippen LogP contribution in [0.5, 0.6) is 5.75 Å². The molecule has 1 heterocycles. The van der Waals surface area contributed by atoms with Crippen LogP contribution in [0.3, 0.4) is 0 Å². The maximum Gasteiger partial charge on any atom is 0.417 e. The number of hydrogen-bond acceptors (Lipinski definition) is 4. The van der Waals surface area contributed by atoms with Crippen LogP contribution >= 0.6 is 0 Å².